The van der Waals surface area contributed by atoms with Crippen molar-refractivity contribution in [3.63, 3.8) is 0 Å². The number of nitro benzene ring substituents is 1. The lowest BCUT2D eigenvalue weighted by Gasteiger charge is -2.31. The molecule has 0 saturated carbocycles. The lowest BCUT2D eigenvalue weighted by molar-refractivity contribution is -0.384. The Morgan fingerprint density at radius 3 is 2.42 bits per heavy atom. The van der Waals surface area contributed by atoms with Gasteiger partial charge in [-0.1, -0.05) is 18.2 Å². The quantitative estimate of drug-likeness (QED) is 0.523. The number of nitro groups is 1. The average molecular weight is 425 g/mol. The summed E-state index contributed by atoms with van der Waals surface area (Å²) >= 11 is 0. The summed E-state index contributed by atoms with van der Waals surface area (Å²) in [5.41, 5.74) is 3.24. The lowest BCUT2D eigenvalue weighted by atomic mass is 10.1. The molecule has 2 heterocycles. The normalized spacial score (nSPS) is 16.4. The molecule has 0 spiro atoms. The zero-order valence-electron chi connectivity index (χ0n) is 17.8. The van der Waals surface area contributed by atoms with E-state index in [1.54, 1.807) is 18.0 Å². The molecule has 2 aromatic rings. The van der Waals surface area contributed by atoms with E-state index in [-0.39, 0.29) is 11.6 Å². The molecule has 0 atom stereocenters. The first-order valence-corrected chi connectivity index (χ1v) is 10.7. The summed E-state index contributed by atoms with van der Waals surface area (Å²) in [7, 11) is 1.75. The predicted molar refractivity (Wildman–Crippen MR) is 120 cm³/mol. The first-order chi connectivity index (χ1) is 15.0. The van der Waals surface area contributed by atoms with Crippen LogP contribution in [0.3, 0.4) is 0 Å². The van der Waals surface area contributed by atoms with Crippen LogP contribution in [0, 0.1) is 10.1 Å². The van der Waals surface area contributed by atoms with Gasteiger partial charge in [0.25, 0.3) is 11.6 Å². The minimum atomic E-state index is -0.456. The van der Waals surface area contributed by atoms with Gasteiger partial charge in [-0.05, 0) is 30.5 Å². The Balaban J connectivity index is 1.61. The summed E-state index contributed by atoms with van der Waals surface area (Å²) in [6, 6.07) is 12.7. The second kappa shape index (κ2) is 9.34. The molecule has 31 heavy (non-hydrogen) atoms. The van der Waals surface area contributed by atoms with Crippen LogP contribution in [0.2, 0.25) is 0 Å². The fourth-order valence-corrected chi connectivity index (χ4v) is 4.33. The molecule has 1 amide bonds. The van der Waals surface area contributed by atoms with Crippen molar-refractivity contribution in [2.75, 3.05) is 56.2 Å². The molecule has 2 aromatic carbocycles. The van der Waals surface area contributed by atoms with Gasteiger partial charge >= 0.3 is 0 Å². The highest BCUT2D eigenvalue weighted by molar-refractivity contribution is 6.00. The van der Waals surface area contributed by atoms with Crippen LogP contribution in [0.15, 0.2) is 42.5 Å². The molecule has 0 aliphatic carbocycles. The number of non-ortho nitro benzene ring substituents is 1. The van der Waals surface area contributed by atoms with Crippen molar-refractivity contribution >= 4 is 23.0 Å². The number of nitrogens with zero attached hydrogens (tertiary/aromatic N) is 4. The Bertz CT molecular complexity index is 952. The Kier molecular flexibility index (Phi) is 6.36. The standard InChI is InChI=1S/C23H28N4O4/c1-24(17-18-6-2-3-7-21(18)25-10-4-5-11-25)23(28)20-16-19(27(29)30)8-9-22(20)26-12-14-31-15-13-26/h2-3,6-9,16H,4-5,10-15,17H2,1H3. The fraction of sp³-hybridized carbons (Fsp3) is 0.435. The molecule has 0 aromatic heterocycles. The van der Waals surface area contributed by atoms with Crippen molar-refractivity contribution in [1.29, 1.82) is 0 Å². The first kappa shape index (κ1) is 21.1. The number of para-hydroxylation sites is 1. The Morgan fingerprint density at radius 1 is 1.03 bits per heavy atom. The molecule has 8 nitrogen and oxygen atoms in total. The summed E-state index contributed by atoms with van der Waals surface area (Å²) < 4.78 is 5.42. The Labute approximate surface area is 182 Å². The van der Waals surface area contributed by atoms with Crippen LogP contribution in [0.4, 0.5) is 17.1 Å². The molecule has 4 rings (SSSR count). The van der Waals surface area contributed by atoms with E-state index in [9.17, 15) is 14.9 Å². The monoisotopic (exact) mass is 424 g/mol. The summed E-state index contributed by atoms with van der Waals surface area (Å²) in [5.74, 6) is -0.221. The average Bonchev–Trinajstić information content (AvgIpc) is 3.34. The highest BCUT2D eigenvalue weighted by Crippen LogP contribution is 2.29. The molecular formula is C23H28N4O4. The van der Waals surface area contributed by atoms with Gasteiger partial charge in [0.2, 0.25) is 0 Å². The Morgan fingerprint density at radius 2 is 1.71 bits per heavy atom. The SMILES string of the molecule is CN(Cc1ccccc1N1CCCC1)C(=O)c1cc([N+](=O)[O-])ccc1N1CCOCC1. The van der Waals surface area contributed by atoms with E-state index in [1.807, 2.05) is 18.2 Å². The summed E-state index contributed by atoms with van der Waals surface area (Å²) in [5, 5.41) is 11.4. The molecule has 164 valence electrons. The minimum Gasteiger partial charge on any atom is -0.378 e. The van der Waals surface area contributed by atoms with Gasteiger partial charge in [0, 0.05) is 57.6 Å². The number of hydrogen-bond acceptors (Lipinski definition) is 6. The van der Waals surface area contributed by atoms with Gasteiger partial charge in [0.15, 0.2) is 0 Å². The third-order valence-corrected chi connectivity index (χ3v) is 5.97. The summed E-state index contributed by atoms with van der Waals surface area (Å²) in [6.45, 7) is 4.95. The molecule has 0 bridgehead atoms. The number of carbonyl (C=O) groups excluding carboxylic acids is 1. The van der Waals surface area contributed by atoms with E-state index in [1.165, 1.54) is 25.0 Å². The van der Waals surface area contributed by atoms with Gasteiger partial charge in [-0.2, -0.15) is 0 Å². The van der Waals surface area contributed by atoms with Crippen molar-refractivity contribution in [2.45, 2.75) is 19.4 Å². The van der Waals surface area contributed by atoms with E-state index < -0.39 is 4.92 Å². The van der Waals surface area contributed by atoms with Crippen LogP contribution in [0.1, 0.15) is 28.8 Å². The third-order valence-electron chi connectivity index (χ3n) is 5.97. The number of morpholine rings is 1. The van der Waals surface area contributed by atoms with E-state index >= 15 is 0 Å². The summed E-state index contributed by atoms with van der Waals surface area (Å²) in [6.07, 6.45) is 2.36. The van der Waals surface area contributed by atoms with Crippen LogP contribution < -0.4 is 9.80 Å². The van der Waals surface area contributed by atoms with Gasteiger partial charge in [-0.15, -0.1) is 0 Å². The molecule has 0 radical (unpaired) electrons. The molecular weight excluding hydrogens is 396 g/mol. The zero-order chi connectivity index (χ0) is 21.8. The maximum absolute atomic E-state index is 13.5. The fourth-order valence-electron chi connectivity index (χ4n) is 4.33. The second-order valence-electron chi connectivity index (χ2n) is 8.04. The maximum atomic E-state index is 13.5. The molecule has 2 aliphatic rings. The molecule has 2 fully saturated rings. The number of ether oxygens (including phenoxy) is 1. The summed E-state index contributed by atoms with van der Waals surface area (Å²) in [4.78, 5) is 30.4. The maximum Gasteiger partial charge on any atom is 0.270 e. The van der Waals surface area contributed by atoms with E-state index in [0.717, 1.165) is 30.0 Å². The van der Waals surface area contributed by atoms with Crippen molar-refractivity contribution in [3.8, 4) is 0 Å². The van der Waals surface area contributed by atoms with Crippen molar-refractivity contribution < 1.29 is 14.5 Å². The van der Waals surface area contributed by atoms with Gasteiger partial charge in [0.05, 0.1) is 29.4 Å². The number of hydrogen-bond donors (Lipinski definition) is 0. The number of amides is 1. The highest BCUT2D eigenvalue weighted by atomic mass is 16.6. The van der Waals surface area contributed by atoms with E-state index in [0.29, 0.717) is 38.4 Å². The second-order valence-corrected chi connectivity index (χ2v) is 8.04. The Hall–Kier alpha value is -3.13. The van der Waals surface area contributed by atoms with Gasteiger partial charge in [-0.25, -0.2) is 0 Å². The topological polar surface area (TPSA) is 79.2 Å². The minimum absolute atomic E-state index is 0.0776. The van der Waals surface area contributed by atoms with Crippen LogP contribution in [-0.4, -0.2) is 62.2 Å². The van der Waals surface area contributed by atoms with Crippen LogP contribution in [-0.2, 0) is 11.3 Å². The van der Waals surface area contributed by atoms with Gasteiger partial charge < -0.3 is 19.4 Å². The van der Waals surface area contributed by atoms with Crippen molar-refractivity contribution in [3.05, 3.63) is 63.7 Å². The predicted octanol–water partition coefficient (Wildman–Crippen LogP) is 3.30. The number of anilines is 2. The van der Waals surface area contributed by atoms with Crippen LogP contribution >= 0.6 is 0 Å². The van der Waals surface area contributed by atoms with Crippen molar-refractivity contribution in [1.82, 2.24) is 4.90 Å². The molecule has 0 unspecified atom stereocenters. The molecule has 0 N–H and O–H groups in total. The van der Waals surface area contributed by atoms with Gasteiger partial charge in [-0.3, -0.25) is 14.9 Å². The molecule has 2 saturated heterocycles. The van der Waals surface area contributed by atoms with E-state index in [4.69, 9.17) is 4.74 Å². The van der Waals surface area contributed by atoms with Gasteiger partial charge in [0.1, 0.15) is 0 Å². The van der Waals surface area contributed by atoms with Crippen LogP contribution in [0.5, 0.6) is 0 Å². The first-order valence-electron chi connectivity index (χ1n) is 10.7. The third kappa shape index (κ3) is 4.64. The van der Waals surface area contributed by atoms with Crippen molar-refractivity contribution in [2.24, 2.45) is 0 Å². The number of benzene rings is 2. The lowest BCUT2D eigenvalue weighted by Crippen LogP contribution is -2.38. The molecule has 8 heteroatoms. The van der Waals surface area contributed by atoms with E-state index in [2.05, 4.69) is 15.9 Å². The van der Waals surface area contributed by atoms with Crippen LogP contribution in [0.25, 0.3) is 0 Å². The number of carbonyl (C=O) groups is 1. The highest BCUT2D eigenvalue weighted by Gasteiger charge is 2.25. The molecule has 2 aliphatic heterocycles. The smallest absolute Gasteiger partial charge is 0.270 e. The zero-order valence-corrected chi connectivity index (χ0v) is 17.8. The largest absolute Gasteiger partial charge is 0.378 e. The number of rotatable bonds is 6.